The van der Waals surface area contributed by atoms with Crippen molar-refractivity contribution in [3.63, 3.8) is 0 Å². The Morgan fingerprint density at radius 2 is 1.91 bits per heavy atom. The van der Waals surface area contributed by atoms with E-state index in [4.69, 9.17) is 9.47 Å². The molecule has 0 atom stereocenters. The summed E-state index contributed by atoms with van der Waals surface area (Å²) in [5, 5.41) is 6.02. The number of nitrogens with one attached hydrogen (secondary N) is 2. The fraction of sp³-hybridized carbons (Fsp3) is 0.562. The molecule has 0 radical (unpaired) electrons. The van der Waals surface area contributed by atoms with Crippen molar-refractivity contribution in [1.82, 2.24) is 10.6 Å². The zero-order chi connectivity index (χ0) is 15.5. The molecule has 0 heterocycles. The highest BCUT2D eigenvalue weighted by molar-refractivity contribution is 5.85. The first-order valence-electron chi connectivity index (χ1n) is 7.30. The second kappa shape index (κ2) is 12.3. The number of hydrogen-bond acceptors (Lipinski definition) is 4. The van der Waals surface area contributed by atoms with Gasteiger partial charge in [-0.15, -0.1) is 12.4 Å². The molecule has 1 aromatic carbocycles. The van der Waals surface area contributed by atoms with E-state index < -0.39 is 0 Å². The number of amides is 1. The van der Waals surface area contributed by atoms with E-state index in [-0.39, 0.29) is 18.3 Å². The van der Waals surface area contributed by atoms with Crippen LogP contribution in [0.1, 0.15) is 17.5 Å². The van der Waals surface area contributed by atoms with Gasteiger partial charge in [-0.25, -0.2) is 0 Å². The fourth-order valence-electron chi connectivity index (χ4n) is 1.79. The lowest BCUT2D eigenvalue weighted by atomic mass is 10.1. The first-order chi connectivity index (χ1) is 10.1. The quantitative estimate of drug-likeness (QED) is 0.643. The largest absolute Gasteiger partial charge is 0.493 e. The number of aryl methyl sites for hydroxylation is 2. The van der Waals surface area contributed by atoms with E-state index in [1.807, 2.05) is 32.0 Å². The fourth-order valence-corrected chi connectivity index (χ4v) is 1.79. The van der Waals surface area contributed by atoms with Crippen LogP contribution in [0.2, 0.25) is 0 Å². The Morgan fingerprint density at radius 1 is 1.14 bits per heavy atom. The van der Waals surface area contributed by atoms with Gasteiger partial charge >= 0.3 is 0 Å². The molecule has 0 aliphatic carbocycles. The summed E-state index contributed by atoms with van der Waals surface area (Å²) in [4.78, 5) is 11.6. The first-order valence-corrected chi connectivity index (χ1v) is 7.30. The lowest BCUT2D eigenvalue weighted by Crippen LogP contribution is -2.33. The van der Waals surface area contributed by atoms with E-state index in [9.17, 15) is 4.79 Å². The number of rotatable bonds is 10. The Labute approximate surface area is 139 Å². The Bertz CT molecular complexity index is 441. The molecule has 0 spiro atoms. The number of carbonyl (C=O) groups excluding carboxylic acids is 1. The highest BCUT2D eigenvalue weighted by Gasteiger charge is 2.03. The van der Waals surface area contributed by atoms with Crippen LogP contribution in [0.3, 0.4) is 0 Å². The molecule has 0 saturated carbocycles. The van der Waals surface area contributed by atoms with E-state index in [0.29, 0.717) is 26.2 Å². The maximum Gasteiger partial charge on any atom is 0.223 e. The van der Waals surface area contributed by atoms with Crippen LogP contribution in [0, 0.1) is 13.8 Å². The molecule has 0 aliphatic rings. The van der Waals surface area contributed by atoms with Crippen LogP contribution in [0.15, 0.2) is 18.2 Å². The van der Waals surface area contributed by atoms with Crippen molar-refractivity contribution in [1.29, 1.82) is 0 Å². The van der Waals surface area contributed by atoms with Gasteiger partial charge in [0, 0.05) is 26.7 Å². The van der Waals surface area contributed by atoms with Gasteiger partial charge in [0.05, 0.1) is 19.6 Å². The average Bonchev–Trinajstić information content (AvgIpc) is 2.46. The monoisotopic (exact) mass is 330 g/mol. The lowest BCUT2D eigenvalue weighted by Gasteiger charge is -2.10. The number of ether oxygens (including phenoxy) is 2. The molecule has 0 aliphatic heterocycles. The van der Waals surface area contributed by atoms with Crippen molar-refractivity contribution >= 4 is 18.3 Å². The second-order valence-electron chi connectivity index (χ2n) is 4.96. The topological polar surface area (TPSA) is 59.6 Å². The maximum absolute atomic E-state index is 11.6. The highest BCUT2D eigenvalue weighted by atomic mass is 35.5. The SMILES string of the molecule is COCCNCCNC(=O)CCOc1cc(C)ccc1C.Cl. The van der Waals surface area contributed by atoms with Crippen molar-refractivity contribution in [2.75, 3.05) is 40.0 Å². The van der Waals surface area contributed by atoms with Crippen LogP contribution in [0.25, 0.3) is 0 Å². The van der Waals surface area contributed by atoms with E-state index in [2.05, 4.69) is 10.6 Å². The summed E-state index contributed by atoms with van der Waals surface area (Å²) in [5.41, 5.74) is 2.24. The minimum atomic E-state index is 0. The summed E-state index contributed by atoms with van der Waals surface area (Å²) in [7, 11) is 1.67. The van der Waals surface area contributed by atoms with Crippen molar-refractivity contribution in [3.8, 4) is 5.75 Å². The summed E-state index contributed by atoms with van der Waals surface area (Å²) in [6, 6.07) is 6.06. The van der Waals surface area contributed by atoms with Crippen molar-refractivity contribution < 1.29 is 14.3 Å². The maximum atomic E-state index is 11.6. The predicted octanol–water partition coefficient (Wildman–Crippen LogP) is 1.85. The number of benzene rings is 1. The molecule has 0 unspecified atom stereocenters. The van der Waals surface area contributed by atoms with Gasteiger partial charge in [-0.2, -0.15) is 0 Å². The number of methoxy groups -OCH3 is 1. The summed E-state index contributed by atoms with van der Waals surface area (Å²) < 4.78 is 10.6. The summed E-state index contributed by atoms with van der Waals surface area (Å²) >= 11 is 0. The Kier molecular flexibility index (Phi) is 11.5. The van der Waals surface area contributed by atoms with E-state index in [1.54, 1.807) is 7.11 Å². The molecule has 1 aromatic rings. The van der Waals surface area contributed by atoms with E-state index >= 15 is 0 Å². The van der Waals surface area contributed by atoms with E-state index in [1.165, 1.54) is 0 Å². The zero-order valence-electron chi connectivity index (χ0n) is 13.6. The van der Waals surface area contributed by atoms with Gasteiger partial charge in [-0.05, 0) is 31.0 Å². The molecule has 2 N–H and O–H groups in total. The van der Waals surface area contributed by atoms with Gasteiger partial charge in [0.25, 0.3) is 0 Å². The molecule has 1 rings (SSSR count). The van der Waals surface area contributed by atoms with Crippen LogP contribution in [-0.2, 0) is 9.53 Å². The molecule has 5 nitrogen and oxygen atoms in total. The molecule has 6 heteroatoms. The van der Waals surface area contributed by atoms with Gasteiger partial charge in [0.1, 0.15) is 5.75 Å². The average molecular weight is 331 g/mol. The van der Waals surface area contributed by atoms with Gasteiger partial charge in [0.15, 0.2) is 0 Å². The van der Waals surface area contributed by atoms with Crippen LogP contribution in [0.4, 0.5) is 0 Å². The molecule has 0 aromatic heterocycles. The third-order valence-electron chi connectivity index (χ3n) is 3.04. The van der Waals surface area contributed by atoms with Gasteiger partial charge in [0.2, 0.25) is 5.91 Å². The minimum absolute atomic E-state index is 0. The van der Waals surface area contributed by atoms with Crippen LogP contribution < -0.4 is 15.4 Å². The Hall–Kier alpha value is -1.30. The molecule has 0 fully saturated rings. The highest BCUT2D eigenvalue weighted by Crippen LogP contribution is 2.19. The minimum Gasteiger partial charge on any atom is -0.493 e. The molecule has 0 saturated heterocycles. The van der Waals surface area contributed by atoms with E-state index in [0.717, 1.165) is 30.0 Å². The smallest absolute Gasteiger partial charge is 0.223 e. The third-order valence-corrected chi connectivity index (χ3v) is 3.04. The normalized spacial score (nSPS) is 9.95. The van der Waals surface area contributed by atoms with Crippen molar-refractivity contribution in [2.45, 2.75) is 20.3 Å². The Morgan fingerprint density at radius 3 is 2.64 bits per heavy atom. The van der Waals surface area contributed by atoms with Crippen LogP contribution in [0.5, 0.6) is 5.75 Å². The van der Waals surface area contributed by atoms with Gasteiger partial charge in [-0.1, -0.05) is 12.1 Å². The molecule has 126 valence electrons. The number of carbonyl (C=O) groups is 1. The molecular formula is C16H27ClN2O3. The van der Waals surface area contributed by atoms with Crippen molar-refractivity contribution in [3.05, 3.63) is 29.3 Å². The molecule has 22 heavy (non-hydrogen) atoms. The van der Waals surface area contributed by atoms with Gasteiger partial charge < -0.3 is 20.1 Å². The second-order valence-corrected chi connectivity index (χ2v) is 4.96. The Balaban J connectivity index is 0.00000441. The third kappa shape index (κ3) is 8.87. The first kappa shape index (κ1) is 20.7. The van der Waals surface area contributed by atoms with Crippen molar-refractivity contribution in [2.24, 2.45) is 0 Å². The zero-order valence-corrected chi connectivity index (χ0v) is 14.4. The predicted molar refractivity (Wildman–Crippen MR) is 91.0 cm³/mol. The molecule has 1 amide bonds. The van der Waals surface area contributed by atoms with Gasteiger partial charge in [-0.3, -0.25) is 4.79 Å². The molecule has 0 bridgehead atoms. The summed E-state index contributed by atoms with van der Waals surface area (Å²) in [6.45, 7) is 7.25. The lowest BCUT2D eigenvalue weighted by molar-refractivity contribution is -0.121. The van der Waals surface area contributed by atoms with Crippen LogP contribution in [-0.4, -0.2) is 45.9 Å². The van der Waals surface area contributed by atoms with Crippen LogP contribution >= 0.6 is 12.4 Å². The molecular weight excluding hydrogens is 304 g/mol. The number of halogens is 1. The summed E-state index contributed by atoms with van der Waals surface area (Å²) in [5.74, 6) is 0.859. The standard InChI is InChI=1S/C16H26N2O3.ClH/c1-13-4-5-14(2)15(12-13)21-10-6-16(19)18-8-7-17-9-11-20-3;/h4-5,12,17H,6-11H2,1-3H3,(H,18,19);1H. The summed E-state index contributed by atoms with van der Waals surface area (Å²) in [6.07, 6.45) is 0.367. The number of hydrogen-bond donors (Lipinski definition) is 2.